The highest BCUT2D eigenvalue weighted by Crippen LogP contribution is 2.18. The Bertz CT molecular complexity index is 920. The second-order valence-corrected chi connectivity index (χ2v) is 8.65. The average Bonchev–Trinajstić information content (AvgIpc) is 2.78. The summed E-state index contributed by atoms with van der Waals surface area (Å²) in [5, 5.41) is 3.43. The first-order valence-electron chi connectivity index (χ1n) is 10.7. The number of carbonyl (C=O) groups excluding carboxylic acids is 2. The van der Waals surface area contributed by atoms with Gasteiger partial charge in [0.15, 0.2) is 0 Å². The molecular weight excluding hydrogens is 430 g/mol. The van der Waals surface area contributed by atoms with Gasteiger partial charge in [0, 0.05) is 35.9 Å². The average molecular weight is 460 g/mol. The summed E-state index contributed by atoms with van der Waals surface area (Å²) in [6.07, 6.45) is -0.269. The molecule has 1 aliphatic rings. The fraction of sp³-hybridized carbons (Fsp3) is 0.417. The maximum absolute atomic E-state index is 13.2. The molecule has 0 aromatic heterocycles. The normalized spacial score (nSPS) is 16.0. The molecule has 0 radical (unpaired) electrons. The summed E-state index contributed by atoms with van der Waals surface area (Å²) in [5.74, 6) is 0.933. The Morgan fingerprint density at radius 3 is 2.66 bits per heavy atom. The van der Waals surface area contributed by atoms with Crippen molar-refractivity contribution in [1.82, 2.24) is 9.80 Å². The first-order chi connectivity index (χ1) is 15.4. The first-order valence-corrected chi connectivity index (χ1v) is 11.1. The van der Waals surface area contributed by atoms with E-state index in [1.165, 1.54) is 0 Å². The van der Waals surface area contributed by atoms with Crippen molar-refractivity contribution in [2.75, 3.05) is 45.2 Å². The molecule has 0 saturated carbocycles. The van der Waals surface area contributed by atoms with Crippen LogP contribution >= 0.6 is 11.6 Å². The second kappa shape index (κ2) is 11.2. The number of carbonyl (C=O) groups is 2. The van der Waals surface area contributed by atoms with Gasteiger partial charge in [-0.1, -0.05) is 31.5 Å². The molecular formula is C24H30ClN3O4. The predicted molar refractivity (Wildman–Crippen MR) is 126 cm³/mol. The van der Waals surface area contributed by atoms with Gasteiger partial charge in [-0.25, -0.2) is 4.79 Å². The number of halogens is 1. The number of hydrogen-bond donors (Lipinski definition) is 1. The molecule has 1 heterocycles. The predicted octanol–water partition coefficient (Wildman–Crippen LogP) is 4.38. The van der Waals surface area contributed by atoms with Gasteiger partial charge in [0.25, 0.3) is 5.91 Å². The number of anilines is 1. The standard InChI is InChI=1S/C24H30ClN3O4/c1-17(2)14-28(23(29)18-7-9-21(31-3)10-8-18)16-22-15-27(11-12-32-22)24(30)26-20-6-4-5-19(25)13-20/h4-10,13,17,22H,11-12,14-16H2,1-3H3,(H,26,30). The summed E-state index contributed by atoms with van der Waals surface area (Å²) in [4.78, 5) is 29.4. The van der Waals surface area contributed by atoms with Crippen LogP contribution in [-0.4, -0.2) is 67.7 Å². The third-order valence-electron chi connectivity index (χ3n) is 5.14. The van der Waals surface area contributed by atoms with Crippen molar-refractivity contribution < 1.29 is 19.1 Å². The van der Waals surface area contributed by atoms with Crippen LogP contribution in [0.5, 0.6) is 5.75 Å². The number of methoxy groups -OCH3 is 1. The molecule has 1 saturated heterocycles. The van der Waals surface area contributed by atoms with E-state index in [0.29, 0.717) is 60.7 Å². The number of ether oxygens (including phenoxy) is 2. The van der Waals surface area contributed by atoms with E-state index in [1.54, 1.807) is 65.4 Å². The molecule has 1 unspecified atom stereocenters. The Balaban J connectivity index is 1.64. The fourth-order valence-corrected chi connectivity index (χ4v) is 3.82. The Kier molecular flexibility index (Phi) is 8.36. The topological polar surface area (TPSA) is 71.1 Å². The summed E-state index contributed by atoms with van der Waals surface area (Å²) in [5.41, 5.74) is 1.24. The summed E-state index contributed by atoms with van der Waals surface area (Å²) in [6, 6.07) is 13.9. The maximum atomic E-state index is 13.2. The molecule has 1 fully saturated rings. The molecule has 8 heteroatoms. The molecule has 0 bridgehead atoms. The van der Waals surface area contributed by atoms with Crippen molar-refractivity contribution in [2.45, 2.75) is 20.0 Å². The highest BCUT2D eigenvalue weighted by Gasteiger charge is 2.28. The lowest BCUT2D eigenvalue weighted by Gasteiger charge is -2.36. The maximum Gasteiger partial charge on any atom is 0.322 e. The van der Waals surface area contributed by atoms with E-state index in [2.05, 4.69) is 19.2 Å². The van der Waals surface area contributed by atoms with Crippen LogP contribution in [0.2, 0.25) is 5.02 Å². The van der Waals surface area contributed by atoms with E-state index in [0.717, 1.165) is 0 Å². The number of amides is 3. The van der Waals surface area contributed by atoms with E-state index in [4.69, 9.17) is 21.1 Å². The summed E-state index contributed by atoms with van der Waals surface area (Å²) < 4.78 is 11.1. The van der Waals surface area contributed by atoms with Crippen molar-refractivity contribution >= 4 is 29.2 Å². The molecule has 0 spiro atoms. The third kappa shape index (κ3) is 6.61. The highest BCUT2D eigenvalue weighted by molar-refractivity contribution is 6.30. The lowest BCUT2D eigenvalue weighted by atomic mass is 10.1. The zero-order chi connectivity index (χ0) is 23.1. The lowest BCUT2D eigenvalue weighted by Crippen LogP contribution is -2.52. The largest absolute Gasteiger partial charge is 0.497 e. The van der Waals surface area contributed by atoms with Gasteiger partial charge in [-0.05, 0) is 48.4 Å². The molecule has 2 aromatic carbocycles. The summed E-state index contributed by atoms with van der Waals surface area (Å²) in [6.45, 7) is 6.45. The molecule has 1 atom stereocenters. The van der Waals surface area contributed by atoms with E-state index < -0.39 is 0 Å². The van der Waals surface area contributed by atoms with Gasteiger partial charge in [-0.2, -0.15) is 0 Å². The van der Waals surface area contributed by atoms with Gasteiger partial charge in [0.1, 0.15) is 5.75 Å². The molecule has 2 aromatic rings. The van der Waals surface area contributed by atoms with Crippen molar-refractivity contribution in [3.63, 3.8) is 0 Å². The van der Waals surface area contributed by atoms with Crippen LogP contribution in [0.15, 0.2) is 48.5 Å². The molecule has 3 rings (SSSR count). The van der Waals surface area contributed by atoms with Gasteiger partial charge < -0.3 is 24.6 Å². The zero-order valence-corrected chi connectivity index (χ0v) is 19.5. The Labute approximate surface area is 194 Å². The number of rotatable bonds is 7. The van der Waals surface area contributed by atoms with Crippen LogP contribution in [0.3, 0.4) is 0 Å². The second-order valence-electron chi connectivity index (χ2n) is 8.21. The Hall–Kier alpha value is -2.77. The number of urea groups is 1. The number of hydrogen-bond acceptors (Lipinski definition) is 4. The quantitative estimate of drug-likeness (QED) is 0.667. The van der Waals surface area contributed by atoms with E-state index in [-0.39, 0.29) is 18.0 Å². The Morgan fingerprint density at radius 1 is 1.25 bits per heavy atom. The van der Waals surface area contributed by atoms with Crippen LogP contribution in [0.1, 0.15) is 24.2 Å². The van der Waals surface area contributed by atoms with Gasteiger partial charge in [0.05, 0.1) is 26.4 Å². The van der Waals surface area contributed by atoms with E-state index in [9.17, 15) is 9.59 Å². The highest BCUT2D eigenvalue weighted by atomic mass is 35.5. The Morgan fingerprint density at radius 2 is 2.00 bits per heavy atom. The number of nitrogens with one attached hydrogen (secondary N) is 1. The fourth-order valence-electron chi connectivity index (χ4n) is 3.63. The summed E-state index contributed by atoms with van der Waals surface area (Å²) >= 11 is 6.00. The zero-order valence-electron chi connectivity index (χ0n) is 18.7. The molecule has 32 heavy (non-hydrogen) atoms. The van der Waals surface area contributed by atoms with Gasteiger partial charge >= 0.3 is 6.03 Å². The monoisotopic (exact) mass is 459 g/mol. The van der Waals surface area contributed by atoms with Crippen molar-refractivity contribution in [3.05, 3.63) is 59.1 Å². The SMILES string of the molecule is COc1ccc(C(=O)N(CC(C)C)CC2CN(C(=O)Nc3cccc(Cl)c3)CCO2)cc1. The van der Waals surface area contributed by atoms with Crippen molar-refractivity contribution in [1.29, 1.82) is 0 Å². The molecule has 1 aliphatic heterocycles. The number of benzene rings is 2. The van der Waals surface area contributed by atoms with Crippen molar-refractivity contribution in [2.24, 2.45) is 5.92 Å². The van der Waals surface area contributed by atoms with Gasteiger partial charge in [-0.3, -0.25) is 4.79 Å². The molecule has 3 amide bonds. The van der Waals surface area contributed by atoms with Crippen LogP contribution < -0.4 is 10.1 Å². The van der Waals surface area contributed by atoms with Crippen LogP contribution in [0, 0.1) is 5.92 Å². The minimum Gasteiger partial charge on any atom is -0.497 e. The third-order valence-corrected chi connectivity index (χ3v) is 5.37. The van der Waals surface area contributed by atoms with Crippen LogP contribution in [0.25, 0.3) is 0 Å². The lowest BCUT2D eigenvalue weighted by molar-refractivity contribution is -0.0272. The molecule has 172 valence electrons. The minimum absolute atomic E-state index is 0.0644. The van der Waals surface area contributed by atoms with Gasteiger partial charge in [-0.15, -0.1) is 0 Å². The minimum atomic E-state index is -0.269. The van der Waals surface area contributed by atoms with Gasteiger partial charge in [0.2, 0.25) is 0 Å². The summed E-state index contributed by atoms with van der Waals surface area (Å²) in [7, 11) is 1.59. The van der Waals surface area contributed by atoms with Crippen molar-refractivity contribution in [3.8, 4) is 5.75 Å². The molecule has 7 nitrogen and oxygen atoms in total. The van der Waals surface area contributed by atoms with E-state index >= 15 is 0 Å². The smallest absolute Gasteiger partial charge is 0.322 e. The molecule has 0 aliphatic carbocycles. The van der Waals surface area contributed by atoms with E-state index in [1.807, 2.05) is 0 Å². The first kappa shape index (κ1) is 23.9. The number of morpholine rings is 1. The van der Waals surface area contributed by atoms with Crippen LogP contribution in [0.4, 0.5) is 10.5 Å². The number of nitrogens with zero attached hydrogens (tertiary/aromatic N) is 2. The van der Waals surface area contributed by atoms with Crippen LogP contribution in [-0.2, 0) is 4.74 Å². The molecule has 1 N–H and O–H groups in total.